The minimum absolute atomic E-state index is 0.0481. The monoisotopic (exact) mass is 452 g/mol. The van der Waals surface area contributed by atoms with Gasteiger partial charge >= 0.3 is 5.97 Å². The van der Waals surface area contributed by atoms with Gasteiger partial charge in [0.2, 0.25) is 5.43 Å². The smallest absolute Gasteiger partial charge is 0.343 e. The third-order valence-electron chi connectivity index (χ3n) is 6.69. The number of aryl methyl sites for hydroxylation is 1. The SMILES string of the molecule is CCOC(=O)c1cn(C2CC2)c2c(OC)c(-c3cc4c(s3)CCC(C)C4N)ccc2c1=O. The summed E-state index contributed by atoms with van der Waals surface area (Å²) in [5.74, 6) is 0.554. The summed E-state index contributed by atoms with van der Waals surface area (Å²) in [7, 11) is 1.64. The van der Waals surface area contributed by atoms with Crippen LogP contribution in [0.15, 0.2) is 29.2 Å². The number of ether oxygens (including phenoxy) is 2. The molecule has 2 unspecified atom stereocenters. The Morgan fingerprint density at radius 3 is 2.75 bits per heavy atom. The van der Waals surface area contributed by atoms with Gasteiger partial charge in [0.25, 0.3) is 0 Å². The molecule has 3 aromatic rings. The van der Waals surface area contributed by atoms with E-state index < -0.39 is 5.97 Å². The Kier molecular flexibility index (Phi) is 5.34. The first-order valence-corrected chi connectivity index (χ1v) is 12.1. The van der Waals surface area contributed by atoms with E-state index in [1.54, 1.807) is 31.6 Å². The van der Waals surface area contributed by atoms with Crippen molar-refractivity contribution in [3.05, 3.63) is 50.6 Å². The molecule has 2 aliphatic rings. The van der Waals surface area contributed by atoms with Crippen LogP contribution in [0.1, 0.15) is 66.0 Å². The molecule has 5 rings (SSSR count). The largest absolute Gasteiger partial charge is 0.494 e. The van der Waals surface area contributed by atoms with E-state index in [1.165, 1.54) is 10.4 Å². The molecule has 7 heteroatoms. The number of thiophene rings is 1. The lowest BCUT2D eigenvalue weighted by molar-refractivity contribution is 0.0524. The first kappa shape index (κ1) is 21.2. The molecule has 2 aliphatic carbocycles. The van der Waals surface area contributed by atoms with Gasteiger partial charge < -0.3 is 19.8 Å². The summed E-state index contributed by atoms with van der Waals surface area (Å²) in [5, 5.41) is 0.481. The Morgan fingerprint density at radius 2 is 2.06 bits per heavy atom. The fraction of sp³-hybridized carbons (Fsp3) is 0.440. The second-order valence-electron chi connectivity index (χ2n) is 8.80. The van der Waals surface area contributed by atoms with E-state index in [-0.39, 0.29) is 29.7 Å². The minimum Gasteiger partial charge on any atom is -0.494 e. The molecule has 0 radical (unpaired) electrons. The van der Waals surface area contributed by atoms with Crippen molar-refractivity contribution in [3.8, 4) is 16.2 Å². The van der Waals surface area contributed by atoms with Gasteiger partial charge in [0.1, 0.15) is 5.56 Å². The third-order valence-corrected chi connectivity index (χ3v) is 7.94. The first-order valence-electron chi connectivity index (χ1n) is 11.3. The summed E-state index contributed by atoms with van der Waals surface area (Å²) in [6.45, 7) is 4.17. The van der Waals surface area contributed by atoms with E-state index in [0.717, 1.165) is 41.6 Å². The Labute approximate surface area is 190 Å². The maximum absolute atomic E-state index is 13.2. The average Bonchev–Trinajstić information content (AvgIpc) is 3.54. The van der Waals surface area contributed by atoms with Gasteiger partial charge in [-0.2, -0.15) is 0 Å². The Morgan fingerprint density at radius 1 is 1.28 bits per heavy atom. The molecular weight excluding hydrogens is 424 g/mol. The zero-order valence-corrected chi connectivity index (χ0v) is 19.5. The minimum atomic E-state index is -0.578. The Bertz CT molecular complexity index is 1270. The molecular formula is C25H28N2O4S. The van der Waals surface area contributed by atoms with Gasteiger partial charge in [-0.05, 0) is 62.3 Å². The molecule has 0 amide bonds. The van der Waals surface area contributed by atoms with Crippen LogP contribution in [-0.4, -0.2) is 24.3 Å². The van der Waals surface area contributed by atoms with E-state index >= 15 is 0 Å². The van der Waals surface area contributed by atoms with Crippen LogP contribution in [0.5, 0.6) is 5.75 Å². The number of hydrogen-bond donors (Lipinski definition) is 1. The van der Waals surface area contributed by atoms with Crippen LogP contribution in [0, 0.1) is 5.92 Å². The number of benzene rings is 1. The van der Waals surface area contributed by atoms with Crippen molar-refractivity contribution >= 4 is 28.2 Å². The number of carbonyl (C=O) groups excluding carboxylic acids is 1. The second-order valence-corrected chi connectivity index (χ2v) is 9.94. The number of fused-ring (bicyclic) bond motifs is 2. The summed E-state index contributed by atoms with van der Waals surface area (Å²) in [5.41, 5.74) is 9.17. The number of aromatic nitrogens is 1. The number of pyridine rings is 1. The molecule has 6 nitrogen and oxygen atoms in total. The van der Waals surface area contributed by atoms with Gasteiger partial charge in [-0.1, -0.05) is 6.92 Å². The molecule has 168 valence electrons. The summed E-state index contributed by atoms with van der Waals surface area (Å²) in [6.07, 6.45) is 5.81. The molecule has 2 atom stereocenters. The highest BCUT2D eigenvalue weighted by Gasteiger charge is 2.31. The van der Waals surface area contributed by atoms with E-state index in [2.05, 4.69) is 13.0 Å². The summed E-state index contributed by atoms with van der Waals surface area (Å²) >= 11 is 1.76. The predicted octanol–water partition coefficient (Wildman–Crippen LogP) is 4.83. The number of nitrogens with two attached hydrogens (primary N) is 1. The molecule has 0 bridgehead atoms. The van der Waals surface area contributed by atoms with Crippen LogP contribution in [0.2, 0.25) is 0 Å². The molecule has 0 saturated heterocycles. The normalized spacial score (nSPS) is 20.2. The van der Waals surface area contributed by atoms with Crippen molar-refractivity contribution < 1.29 is 14.3 Å². The highest BCUT2D eigenvalue weighted by Crippen LogP contribution is 2.46. The van der Waals surface area contributed by atoms with Gasteiger partial charge in [0.15, 0.2) is 5.75 Å². The fourth-order valence-electron chi connectivity index (χ4n) is 4.71. The topological polar surface area (TPSA) is 83.6 Å². The molecule has 2 N–H and O–H groups in total. The number of rotatable bonds is 5. The Balaban J connectivity index is 1.73. The number of methoxy groups -OCH3 is 1. The number of carbonyl (C=O) groups is 1. The van der Waals surface area contributed by atoms with Crippen molar-refractivity contribution in [2.24, 2.45) is 11.7 Å². The van der Waals surface area contributed by atoms with Gasteiger partial charge in [-0.25, -0.2) is 4.79 Å². The standard InChI is InChI=1S/C25H28N2O4S/c1-4-31-25(29)18-12-27(14-6-7-14)22-16(23(18)28)9-8-15(24(22)30-3)20-11-17-19(32-20)10-5-13(2)21(17)26/h8-9,11-14,21H,4-7,10,26H2,1-3H3. The maximum Gasteiger partial charge on any atom is 0.343 e. The molecule has 0 aliphatic heterocycles. The molecule has 1 fully saturated rings. The lowest BCUT2D eigenvalue weighted by Gasteiger charge is -2.25. The van der Waals surface area contributed by atoms with Crippen molar-refractivity contribution in [3.63, 3.8) is 0 Å². The molecule has 32 heavy (non-hydrogen) atoms. The van der Waals surface area contributed by atoms with Crippen LogP contribution >= 0.6 is 11.3 Å². The quantitative estimate of drug-likeness (QED) is 0.561. The zero-order valence-electron chi connectivity index (χ0n) is 18.6. The van der Waals surface area contributed by atoms with E-state index in [1.807, 2.05) is 16.7 Å². The van der Waals surface area contributed by atoms with E-state index in [9.17, 15) is 9.59 Å². The maximum atomic E-state index is 13.2. The van der Waals surface area contributed by atoms with Crippen LogP contribution in [-0.2, 0) is 11.2 Å². The molecule has 0 spiro atoms. The lowest BCUT2D eigenvalue weighted by atomic mass is 9.85. The zero-order chi connectivity index (χ0) is 22.6. The number of esters is 1. The molecule has 1 aromatic carbocycles. The van der Waals surface area contributed by atoms with Crippen LogP contribution in [0.4, 0.5) is 0 Å². The van der Waals surface area contributed by atoms with Gasteiger partial charge in [-0.15, -0.1) is 11.3 Å². The van der Waals surface area contributed by atoms with Crippen molar-refractivity contribution in [1.82, 2.24) is 4.57 Å². The third kappa shape index (κ3) is 3.35. The van der Waals surface area contributed by atoms with Crippen molar-refractivity contribution in [2.45, 2.75) is 51.6 Å². The highest BCUT2D eigenvalue weighted by molar-refractivity contribution is 7.15. The second kappa shape index (κ2) is 8.05. The predicted molar refractivity (Wildman–Crippen MR) is 127 cm³/mol. The summed E-state index contributed by atoms with van der Waals surface area (Å²) in [4.78, 5) is 28.1. The Hall–Kier alpha value is -2.64. The average molecular weight is 453 g/mol. The number of nitrogens with zero attached hydrogens (tertiary/aromatic N) is 1. The van der Waals surface area contributed by atoms with Crippen LogP contribution in [0.3, 0.4) is 0 Å². The van der Waals surface area contributed by atoms with E-state index in [0.29, 0.717) is 17.1 Å². The molecule has 2 aromatic heterocycles. The van der Waals surface area contributed by atoms with E-state index in [4.69, 9.17) is 15.2 Å². The summed E-state index contributed by atoms with van der Waals surface area (Å²) < 4.78 is 13.1. The van der Waals surface area contributed by atoms with Gasteiger partial charge in [0, 0.05) is 33.6 Å². The van der Waals surface area contributed by atoms with Gasteiger partial charge in [0.05, 0.1) is 24.6 Å². The summed E-state index contributed by atoms with van der Waals surface area (Å²) in [6, 6.07) is 6.24. The highest BCUT2D eigenvalue weighted by atomic mass is 32.1. The van der Waals surface area contributed by atoms with Crippen LogP contribution in [0.25, 0.3) is 21.3 Å². The van der Waals surface area contributed by atoms with Crippen molar-refractivity contribution in [2.75, 3.05) is 13.7 Å². The molecule has 2 heterocycles. The van der Waals surface area contributed by atoms with Crippen LogP contribution < -0.4 is 15.9 Å². The molecule has 1 saturated carbocycles. The first-order chi connectivity index (χ1) is 15.4. The van der Waals surface area contributed by atoms with Crippen molar-refractivity contribution in [1.29, 1.82) is 0 Å². The lowest BCUT2D eigenvalue weighted by Crippen LogP contribution is -2.23. The number of hydrogen-bond acceptors (Lipinski definition) is 6. The van der Waals surface area contributed by atoms with Gasteiger partial charge in [-0.3, -0.25) is 4.79 Å². The fourth-order valence-corrected chi connectivity index (χ4v) is 5.97.